The van der Waals surface area contributed by atoms with Gasteiger partial charge in [0.2, 0.25) is 0 Å². The van der Waals surface area contributed by atoms with Crippen LogP contribution in [-0.4, -0.2) is 35.5 Å². The Kier molecular flexibility index (Phi) is 6.65. The van der Waals surface area contributed by atoms with Crippen LogP contribution in [0.4, 0.5) is 5.82 Å². The van der Waals surface area contributed by atoms with Gasteiger partial charge >= 0.3 is 0 Å². The van der Waals surface area contributed by atoms with Crippen molar-refractivity contribution in [1.82, 2.24) is 15.3 Å². The van der Waals surface area contributed by atoms with Crippen LogP contribution in [0.1, 0.15) is 43.0 Å². The molecule has 0 unspecified atom stereocenters. The fourth-order valence-electron chi connectivity index (χ4n) is 3.58. The fourth-order valence-corrected chi connectivity index (χ4v) is 4.68. The van der Waals surface area contributed by atoms with Gasteiger partial charge in [-0.05, 0) is 49.9 Å². The number of hydrogen-bond donors (Lipinski definition) is 1. The van der Waals surface area contributed by atoms with E-state index in [4.69, 9.17) is 16.6 Å². The number of nitrogens with one attached hydrogen (secondary N) is 1. The van der Waals surface area contributed by atoms with Gasteiger partial charge in [0.25, 0.3) is 5.91 Å². The van der Waals surface area contributed by atoms with E-state index in [1.165, 1.54) is 19.3 Å². The van der Waals surface area contributed by atoms with Crippen LogP contribution in [0.25, 0.3) is 21.8 Å². The number of piperidine rings is 1. The summed E-state index contributed by atoms with van der Waals surface area (Å²) in [6.07, 6.45) is 6.49. The number of rotatable bonds is 6. The summed E-state index contributed by atoms with van der Waals surface area (Å²) < 4.78 is 0. The summed E-state index contributed by atoms with van der Waals surface area (Å²) in [5, 5.41) is 6.34. The Morgan fingerprint density at radius 1 is 1.20 bits per heavy atom. The maximum Gasteiger partial charge on any atom is 0.251 e. The third kappa shape index (κ3) is 4.65. The highest BCUT2D eigenvalue weighted by molar-refractivity contribution is 7.13. The van der Waals surface area contributed by atoms with Crippen LogP contribution < -0.4 is 10.2 Å². The molecule has 1 fully saturated rings. The van der Waals surface area contributed by atoms with E-state index in [9.17, 15) is 4.79 Å². The smallest absolute Gasteiger partial charge is 0.251 e. The highest BCUT2D eigenvalue weighted by atomic mass is 35.5. The van der Waals surface area contributed by atoms with Crippen LogP contribution in [0, 0.1) is 0 Å². The second kappa shape index (κ2) is 9.58. The maximum absolute atomic E-state index is 12.2. The Morgan fingerprint density at radius 2 is 2.03 bits per heavy atom. The zero-order valence-corrected chi connectivity index (χ0v) is 18.6. The van der Waals surface area contributed by atoms with Gasteiger partial charge < -0.3 is 10.2 Å². The Labute approximate surface area is 186 Å². The number of thiazole rings is 1. The van der Waals surface area contributed by atoms with Gasteiger partial charge in [-0.15, -0.1) is 11.3 Å². The average molecular weight is 441 g/mol. The van der Waals surface area contributed by atoms with Crippen LogP contribution in [-0.2, 0) is 0 Å². The quantitative estimate of drug-likeness (QED) is 0.537. The van der Waals surface area contributed by atoms with Gasteiger partial charge in [0.1, 0.15) is 10.8 Å². The minimum Gasteiger partial charge on any atom is -0.357 e. The number of halogens is 1. The van der Waals surface area contributed by atoms with Gasteiger partial charge in [-0.1, -0.05) is 24.6 Å². The van der Waals surface area contributed by atoms with E-state index in [2.05, 4.69) is 21.3 Å². The third-order valence-corrected chi connectivity index (χ3v) is 6.42. The minimum absolute atomic E-state index is 0.105. The van der Waals surface area contributed by atoms with Crippen LogP contribution >= 0.6 is 22.9 Å². The summed E-state index contributed by atoms with van der Waals surface area (Å²) in [6.45, 7) is 4.80. The molecule has 30 heavy (non-hydrogen) atoms. The zero-order chi connectivity index (χ0) is 20.9. The summed E-state index contributed by atoms with van der Waals surface area (Å²) >= 11 is 8.08. The highest BCUT2D eigenvalue weighted by Crippen LogP contribution is 2.34. The number of carbonyl (C=O) groups is 1. The van der Waals surface area contributed by atoms with Gasteiger partial charge in [-0.2, -0.15) is 0 Å². The second-order valence-corrected chi connectivity index (χ2v) is 8.70. The molecule has 1 saturated heterocycles. The molecule has 156 valence electrons. The van der Waals surface area contributed by atoms with E-state index in [-0.39, 0.29) is 5.91 Å². The van der Waals surface area contributed by atoms with E-state index in [0.29, 0.717) is 17.1 Å². The Bertz CT molecular complexity index is 1030. The van der Waals surface area contributed by atoms with Crippen molar-refractivity contribution in [2.45, 2.75) is 32.6 Å². The Balaban J connectivity index is 1.55. The number of anilines is 1. The molecule has 0 saturated carbocycles. The lowest BCUT2D eigenvalue weighted by Crippen LogP contribution is -2.30. The molecule has 5 nitrogen and oxygen atoms in total. The fraction of sp³-hybridized carbons (Fsp3) is 0.348. The van der Waals surface area contributed by atoms with E-state index in [1.54, 1.807) is 23.5 Å². The topological polar surface area (TPSA) is 58.1 Å². The first-order valence-electron chi connectivity index (χ1n) is 10.4. The van der Waals surface area contributed by atoms with Crippen molar-refractivity contribution in [2.24, 2.45) is 0 Å². The second-order valence-electron chi connectivity index (χ2n) is 7.44. The van der Waals surface area contributed by atoms with E-state index >= 15 is 0 Å². The number of amides is 1. The summed E-state index contributed by atoms with van der Waals surface area (Å²) in [5.41, 5.74) is 3.27. The number of hydrogen-bond acceptors (Lipinski definition) is 5. The van der Waals surface area contributed by atoms with Gasteiger partial charge in [-0.3, -0.25) is 4.79 Å². The van der Waals surface area contributed by atoms with Crippen molar-refractivity contribution >= 4 is 34.7 Å². The molecule has 1 aliphatic rings. The van der Waals surface area contributed by atoms with Crippen LogP contribution in [0.3, 0.4) is 0 Å². The SMILES string of the molecule is CCCNC(=O)c1ccc(-c2csc(-c3ccnc(N4CCCCC4)c3)n2)c(Cl)c1. The predicted molar refractivity (Wildman–Crippen MR) is 124 cm³/mol. The molecule has 1 N–H and O–H groups in total. The van der Waals surface area contributed by atoms with Crippen LogP contribution in [0.2, 0.25) is 5.02 Å². The predicted octanol–water partition coefficient (Wildman–Crippen LogP) is 5.66. The largest absolute Gasteiger partial charge is 0.357 e. The molecule has 3 heterocycles. The monoisotopic (exact) mass is 440 g/mol. The highest BCUT2D eigenvalue weighted by Gasteiger charge is 2.15. The van der Waals surface area contributed by atoms with Crippen molar-refractivity contribution in [1.29, 1.82) is 0 Å². The molecule has 0 bridgehead atoms. The lowest BCUT2D eigenvalue weighted by molar-refractivity contribution is 0.0953. The van der Waals surface area contributed by atoms with Crippen LogP contribution in [0.5, 0.6) is 0 Å². The molecule has 1 amide bonds. The van der Waals surface area contributed by atoms with Gasteiger partial charge in [-0.25, -0.2) is 9.97 Å². The molecular weight excluding hydrogens is 416 g/mol. The first kappa shape index (κ1) is 20.8. The number of aromatic nitrogens is 2. The summed E-state index contributed by atoms with van der Waals surface area (Å²) in [6, 6.07) is 9.50. The Hall–Kier alpha value is -2.44. The van der Waals surface area contributed by atoms with E-state index in [1.807, 2.05) is 30.6 Å². The summed E-state index contributed by atoms with van der Waals surface area (Å²) in [5.74, 6) is 0.913. The van der Waals surface area contributed by atoms with Crippen molar-refractivity contribution < 1.29 is 4.79 Å². The molecule has 0 spiro atoms. The normalized spacial score (nSPS) is 14.0. The van der Waals surface area contributed by atoms with Gasteiger partial charge in [0, 0.05) is 47.9 Å². The zero-order valence-electron chi connectivity index (χ0n) is 17.0. The molecule has 1 aromatic carbocycles. The summed E-state index contributed by atoms with van der Waals surface area (Å²) in [4.78, 5) is 23.9. The molecule has 1 aliphatic heterocycles. The molecule has 2 aromatic heterocycles. The first-order chi connectivity index (χ1) is 14.7. The van der Waals surface area contributed by atoms with Crippen LogP contribution in [0.15, 0.2) is 41.9 Å². The molecule has 0 atom stereocenters. The molecule has 0 radical (unpaired) electrons. The van der Waals surface area contributed by atoms with E-state index in [0.717, 1.165) is 47.2 Å². The number of carbonyl (C=O) groups excluding carboxylic acids is 1. The summed E-state index contributed by atoms with van der Waals surface area (Å²) in [7, 11) is 0. The molecule has 4 rings (SSSR count). The average Bonchev–Trinajstić information content (AvgIpc) is 3.28. The molecule has 7 heteroatoms. The number of pyridine rings is 1. The molecule has 3 aromatic rings. The van der Waals surface area contributed by atoms with Crippen molar-refractivity contribution in [3.63, 3.8) is 0 Å². The number of nitrogens with zero attached hydrogens (tertiary/aromatic N) is 3. The lowest BCUT2D eigenvalue weighted by atomic mass is 10.1. The first-order valence-corrected chi connectivity index (χ1v) is 11.7. The third-order valence-electron chi connectivity index (χ3n) is 5.22. The Morgan fingerprint density at radius 3 is 2.80 bits per heavy atom. The molecular formula is C23H25ClN4OS. The van der Waals surface area contributed by atoms with Gasteiger partial charge in [0.15, 0.2) is 0 Å². The van der Waals surface area contributed by atoms with Gasteiger partial charge in [0.05, 0.1) is 10.7 Å². The maximum atomic E-state index is 12.2. The van der Waals surface area contributed by atoms with E-state index < -0.39 is 0 Å². The van der Waals surface area contributed by atoms with Crippen molar-refractivity contribution in [3.8, 4) is 21.8 Å². The van der Waals surface area contributed by atoms with Crippen molar-refractivity contribution in [2.75, 3.05) is 24.5 Å². The van der Waals surface area contributed by atoms with Crippen molar-refractivity contribution in [3.05, 3.63) is 52.5 Å². The standard InChI is InChI=1S/C23H25ClN4OS/c1-2-9-26-22(29)16-6-7-18(19(24)13-16)20-15-30-23(27-20)17-8-10-25-21(14-17)28-11-4-3-5-12-28/h6-8,10,13-15H,2-5,9,11-12H2,1H3,(H,26,29). The lowest BCUT2D eigenvalue weighted by Gasteiger charge is -2.27. The minimum atomic E-state index is -0.105. The molecule has 0 aliphatic carbocycles. The number of benzene rings is 1.